The van der Waals surface area contributed by atoms with E-state index >= 15 is 0 Å². The first-order valence-corrected chi connectivity index (χ1v) is 6.69. The Balaban J connectivity index is 2.57. The molecule has 7 heteroatoms. The lowest BCUT2D eigenvalue weighted by atomic mass is 9.96. The van der Waals surface area contributed by atoms with Crippen LogP contribution in [0.4, 0.5) is 13.2 Å². The largest absolute Gasteiger partial charge is 0.477 e. The van der Waals surface area contributed by atoms with Crippen LogP contribution >= 0.6 is 0 Å². The van der Waals surface area contributed by atoms with Crippen molar-refractivity contribution in [2.24, 2.45) is 0 Å². The molecule has 0 saturated heterocycles. The summed E-state index contributed by atoms with van der Waals surface area (Å²) in [6.45, 7) is 2.96. The second-order valence-electron chi connectivity index (χ2n) is 5.76. The number of aliphatic hydroxyl groups is 1. The third-order valence-electron chi connectivity index (χ3n) is 3.04. The van der Waals surface area contributed by atoms with Crippen molar-refractivity contribution >= 4 is 5.97 Å². The molecule has 2 aromatic rings. The zero-order valence-electron chi connectivity index (χ0n) is 12.4. The Kier molecular flexibility index (Phi) is 4.42. The smallest absolute Gasteiger partial charge is 0.354 e. The highest BCUT2D eigenvalue weighted by Crippen LogP contribution is 2.29. The summed E-state index contributed by atoms with van der Waals surface area (Å²) >= 11 is 0. The Morgan fingerprint density at radius 3 is 2.17 bits per heavy atom. The van der Waals surface area contributed by atoms with Gasteiger partial charge < -0.3 is 10.2 Å². The molecular weight excluding hydrogens is 311 g/mol. The molecule has 0 fully saturated rings. The van der Waals surface area contributed by atoms with Crippen LogP contribution in [0.5, 0.6) is 0 Å². The van der Waals surface area contributed by atoms with Crippen molar-refractivity contribution in [2.45, 2.75) is 25.9 Å². The molecule has 0 saturated carbocycles. The second kappa shape index (κ2) is 6.00. The van der Waals surface area contributed by atoms with Gasteiger partial charge in [0, 0.05) is 6.42 Å². The molecule has 0 amide bonds. The Bertz CT molecular complexity index is 747. The summed E-state index contributed by atoms with van der Waals surface area (Å²) < 4.78 is 42.2. The maximum atomic E-state index is 14.2. The number of rotatable bonds is 4. The molecule has 0 unspecified atom stereocenters. The molecule has 0 atom stereocenters. The van der Waals surface area contributed by atoms with Gasteiger partial charge in [0.25, 0.3) is 0 Å². The lowest BCUT2D eigenvalue weighted by molar-refractivity contribution is 0.0690. The molecule has 0 spiro atoms. The molecule has 2 rings (SSSR count). The molecule has 23 heavy (non-hydrogen) atoms. The van der Waals surface area contributed by atoms with Crippen LogP contribution in [0.2, 0.25) is 0 Å². The topological polar surface area (TPSA) is 70.4 Å². The third kappa shape index (κ3) is 3.87. The molecule has 1 aromatic heterocycles. The van der Waals surface area contributed by atoms with Crippen LogP contribution in [0, 0.1) is 17.5 Å². The van der Waals surface area contributed by atoms with Gasteiger partial charge in [-0.15, -0.1) is 0 Å². The van der Waals surface area contributed by atoms with Crippen molar-refractivity contribution < 1.29 is 28.2 Å². The minimum absolute atomic E-state index is 0.00774. The van der Waals surface area contributed by atoms with E-state index in [2.05, 4.69) is 4.98 Å². The molecule has 1 heterocycles. The number of benzene rings is 1. The highest BCUT2D eigenvalue weighted by molar-refractivity contribution is 5.86. The molecule has 2 N–H and O–H groups in total. The predicted molar refractivity (Wildman–Crippen MR) is 76.5 cm³/mol. The van der Waals surface area contributed by atoms with Crippen LogP contribution < -0.4 is 0 Å². The number of pyridine rings is 1. The summed E-state index contributed by atoms with van der Waals surface area (Å²) in [4.78, 5) is 14.3. The van der Waals surface area contributed by atoms with Crippen molar-refractivity contribution in [2.75, 3.05) is 0 Å². The van der Waals surface area contributed by atoms with Gasteiger partial charge >= 0.3 is 5.97 Å². The number of carboxylic acids is 1. The summed E-state index contributed by atoms with van der Waals surface area (Å²) in [5.74, 6) is -4.65. The highest BCUT2D eigenvalue weighted by atomic mass is 19.1. The van der Waals surface area contributed by atoms with Gasteiger partial charge in [-0.2, -0.15) is 0 Å². The Morgan fingerprint density at radius 1 is 1.13 bits per heavy atom. The van der Waals surface area contributed by atoms with Crippen LogP contribution in [0.25, 0.3) is 11.3 Å². The van der Waals surface area contributed by atoms with Crippen molar-refractivity contribution in [3.05, 3.63) is 53.0 Å². The van der Waals surface area contributed by atoms with Crippen molar-refractivity contribution in [1.29, 1.82) is 0 Å². The molecule has 0 radical (unpaired) electrons. The predicted octanol–water partition coefficient (Wildman–Crippen LogP) is 3.18. The molecule has 1 aromatic carbocycles. The fraction of sp³-hybridized carbons (Fsp3) is 0.250. The van der Waals surface area contributed by atoms with E-state index in [9.17, 15) is 23.1 Å². The van der Waals surface area contributed by atoms with E-state index in [0.29, 0.717) is 0 Å². The lowest BCUT2D eigenvalue weighted by Crippen LogP contribution is -2.22. The molecule has 122 valence electrons. The Morgan fingerprint density at radius 2 is 1.70 bits per heavy atom. The number of aromatic carboxylic acids is 1. The van der Waals surface area contributed by atoms with E-state index in [0.717, 1.165) is 24.3 Å². The van der Waals surface area contributed by atoms with Crippen molar-refractivity contribution in [3.63, 3.8) is 0 Å². The Hall–Kier alpha value is -2.41. The maximum absolute atomic E-state index is 14.2. The van der Waals surface area contributed by atoms with E-state index in [1.807, 2.05) is 0 Å². The van der Waals surface area contributed by atoms with Gasteiger partial charge in [-0.3, -0.25) is 0 Å². The minimum atomic E-state index is -1.44. The maximum Gasteiger partial charge on any atom is 0.354 e. The van der Waals surface area contributed by atoms with Crippen LogP contribution in [-0.4, -0.2) is 26.8 Å². The minimum Gasteiger partial charge on any atom is -0.477 e. The van der Waals surface area contributed by atoms with E-state index in [4.69, 9.17) is 5.11 Å². The molecule has 0 bridgehead atoms. The number of carboxylic acid groups (broad SMARTS) is 1. The number of hydrogen-bond donors (Lipinski definition) is 2. The van der Waals surface area contributed by atoms with Gasteiger partial charge in [0.1, 0.15) is 28.8 Å². The number of halogens is 3. The van der Waals surface area contributed by atoms with Crippen LogP contribution in [-0.2, 0) is 6.42 Å². The number of hydrogen-bond acceptors (Lipinski definition) is 3. The first-order valence-electron chi connectivity index (χ1n) is 6.69. The average molecular weight is 325 g/mol. The zero-order chi connectivity index (χ0) is 17.4. The van der Waals surface area contributed by atoms with Crippen LogP contribution in [0.15, 0.2) is 24.3 Å². The fourth-order valence-electron chi connectivity index (χ4n) is 2.19. The first kappa shape index (κ1) is 17.0. The fourth-order valence-corrected chi connectivity index (χ4v) is 2.19. The Labute approximate surface area is 130 Å². The van der Waals surface area contributed by atoms with Gasteiger partial charge in [0.2, 0.25) is 0 Å². The van der Waals surface area contributed by atoms with E-state index in [1.54, 1.807) is 0 Å². The van der Waals surface area contributed by atoms with Gasteiger partial charge in [0.15, 0.2) is 0 Å². The van der Waals surface area contributed by atoms with Crippen molar-refractivity contribution in [1.82, 2.24) is 4.98 Å². The summed E-state index contributed by atoms with van der Waals surface area (Å²) in [6, 6.07) is 3.62. The van der Waals surface area contributed by atoms with Crippen LogP contribution in [0.3, 0.4) is 0 Å². The lowest BCUT2D eigenvalue weighted by Gasteiger charge is -2.17. The van der Waals surface area contributed by atoms with Gasteiger partial charge in [-0.1, -0.05) is 0 Å². The normalized spacial score (nSPS) is 11.6. The summed E-state index contributed by atoms with van der Waals surface area (Å²) in [5.41, 5.74) is -2.97. The average Bonchev–Trinajstić information content (AvgIpc) is 2.37. The number of nitrogens with zero attached hydrogens (tertiary/aromatic N) is 1. The number of aromatic nitrogens is 1. The third-order valence-corrected chi connectivity index (χ3v) is 3.04. The standard InChI is InChI=1S/C16H14F3NO3/c1-16(2,23)7-8-5-10(18)13(11(19)6-8)14-9(17)3-4-12(20-14)15(21)22/h3-6,23H,7H2,1-2H3,(H,21,22). The first-order chi connectivity index (χ1) is 10.6. The quantitative estimate of drug-likeness (QED) is 0.906. The van der Waals surface area contributed by atoms with Crippen LogP contribution in [0.1, 0.15) is 29.9 Å². The molecule has 0 aliphatic rings. The molecule has 0 aliphatic heterocycles. The SMILES string of the molecule is CC(C)(O)Cc1cc(F)c(-c2nc(C(=O)O)ccc2F)c(F)c1. The van der Waals surface area contributed by atoms with E-state index < -0.39 is 46.0 Å². The summed E-state index contributed by atoms with van der Waals surface area (Å²) in [7, 11) is 0. The number of carbonyl (C=O) groups is 1. The summed E-state index contributed by atoms with van der Waals surface area (Å²) in [6.07, 6.45) is -0.00774. The van der Waals surface area contributed by atoms with Gasteiger partial charge in [-0.05, 0) is 43.7 Å². The highest BCUT2D eigenvalue weighted by Gasteiger charge is 2.22. The van der Waals surface area contributed by atoms with Gasteiger partial charge in [0.05, 0.1) is 11.2 Å². The van der Waals surface area contributed by atoms with E-state index in [1.165, 1.54) is 13.8 Å². The second-order valence-corrected chi connectivity index (χ2v) is 5.76. The zero-order valence-corrected chi connectivity index (χ0v) is 12.4. The van der Waals surface area contributed by atoms with E-state index in [-0.39, 0.29) is 12.0 Å². The van der Waals surface area contributed by atoms with Crippen molar-refractivity contribution in [3.8, 4) is 11.3 Å². The molecule has 4 nitrogen and oxygen atoms in total. The molecule has 0 aliphatic carbocycles. The summed E-state index contributed by atoms with van der Waals surface area (Å²) in [5, 5.41) is 18.6. The van der Waals surface area contributed by atoms with Gasteiger partial charge in [-0.25, -0.2) is 22.9 Å². The monoisotopic (exact) mass is 325 g/mol. The molecular formula is C16H14F3NO3.